The van der Waals surface area contributed by atoms with Crippen molar-refractivity contribution in [1.29, 1.82) is 0 Å². The number of hydrogen-bond donors (Lipinski definition) is 1. The van der Waals surface area contributed by atoms with Gasteiger partial charge in [0.2, 0.25) is 0 Å². The van der Waals surface area contributed by atoms with E-state index in [0.29, 0.717) is 6.04 Å². The summed E-state index contributed by atoms with van der Waals surface area (Å²) in [6, 6.07) is 4.90. The third kappa shape index (κ3) is 3.54. The lowest BCUT2D eigenvalue weighted by Crippen LogP contribution is -2.24. The molecule has 0 atom stereocenters. The standard InChI is InChI=1S/C9H15NS/c1-8(2)10-6-5-9-4-3-7-11-9/h3-4,7-8,10H,5-6H2,1-2H3. The lowest BCUT2D eigenvalue weighted by Gasteiger charge is -2.05. The largest absolute Gasteiger partial charge is 0.314 e. The molecule has 0 saturated carbocycles. The van der Waals surface area contributed by atoms with Crippen LogP contribution in [-0.4, -0.2) is 12.6 Å². The van der Waals surface area contributed by atoms with E-state index in [2.05, 4.69) is 36.7 Å². The zero-order valence-corrected chi connectivity index (χ0v) is 7.95. The third-order valence-electron chi connectivity index (χ3n) is 1.50. The van der Waals surface area contributed by atoms with Gasteiger partial charge in [-0.1, -0.05) is 19.9 Å². The van der Waals surface area contributed by atoms with E-state index in [-0.39, 0.29) is 0 Å². The molecule has 0 aliphatic rings. The van der Waals surface area contributed by atoms with E-state index in [1.54, 1.807) is 0 Å². The normalized spacial score (nSPS) is 10.8. The first kappa shape index (κ1) is 8.75. The van der Waals surface area contributed by atoms with Crippen molar-refractivity contribution in [3.8, 4) is 0 Å². The van der Waals surface area contributed by atoms with Gasteiger partial charge < -0.3 is 5.32 Å². The average Bonchev–Trinajstić information content (AvgIpc) is 2.39. The number of nitrogens with one attached hydrogen (secondary N) is 1. The first-order valence-corrected chi connectivity index (χ1v) is 4.93. The molecule has 0 radical (unpaired) electrons. The summed E-state index contributed by atoms with van der Waals surface area (Å²) >= 11 is 1.83. The molecular weight excluding hydrogens is 154 g/mol. The van der Waals surface area contributed by atoms with Gasteiger partial charge in [0.1, 0.15) is 0 Å². The Hall–Kier alpha value is -0.340. The average molecular weight is 169 g/mol. The van der Waals surface area contributed by atoms with Gasteiger partial charge in [-0.05, 0) is 17.9 Å². The van der Waals surface area contributed by atoms with E-state index in [9.17, 15) is 0 Å². The van der Waals surface area contributed by atoms with Crippen LogP contribution in [0.1, 0.15) is 18.7 Å². The molecule has 1 aromatic heterocycles. The van der Waals surface area contributed by atoms with Crippen molar-refractivity contribution in [2.75, 3.05) is 6.54 Å². The Morgan fingerprint density at radius 1 is 1.55 bits per heavy atom. The predicted octanol–water partition coefficient (Wildman–Crippen LogP) is 2.29. The second-order valence-electron chi connectivity index (χ2n) is 2.94. The first-order chi connectivity index (χ1) is 5.29. The molecule has 0 fully saturated rings. The van der Waals surface area contributed by atoms with Gasteiger partial charge in [0.05, 0.1) is 0 Å². The van der Waals surface area contributed by atoms with Crippen LogP contribution < -0.4 is 5.32 Å². The summed E-state index contributed by atoms with van der Waals surface area (Å²) in [5.41, 5.74) is 0. The Balaban J connectivity index is 2.14. The second-order valence-corrected chi connectivity index (χ2v) is 3.97. The van der Waals surface area contributed by atoms with Crippen LogP contribution in [0.5, 0.6) is 0 Å². The minimum absolute atomic E-state index is 0.606. The summed E-state index contributed by atoms with van der Waals surface area (Å²) < 4.78 is 0. The maximum Gasteiger partial charge on any atom is 0.00578 e. The lowest BCUT2D eigenvalue weighted by molar-refractivity contribution is 0.592. The van der Waals surface area contributed by atoms with Crippen LogP contribution in [0.4, 0.5) is 0 Å². The third-order valence-corrected chi connectivity index (χ3v) is 2.44. The minimum atomic E-state index is 0.606. The molecule has 0 aliphatic carbocycles. The molecule has 0 spiro atoms. The quantitative estimate of drug-likeness (QED) is 0.729. The van der Waals surface area contributed by atoms with Crippen LogP contribution in [0.25, 0.3) is 0 Å². The SMILES string of the molecule is CC(C)NCCc1cccs1. The van der Waals surface area contributed by atoms with Crippen LogP contribution in [0.15, 0.2) is 17.5 Å². The molecule has 0 amide bonds. The van der Waals surface area contributed by atoms with Crippen molar-refractivity contribution in [3.05, 3.63) is 22.4 Å². The van der Waals surface area contributed by atoms with Crippen LogP contribution in [0.2, 0.25) is 0 Å². The van der Waals surface area contributed by atoms with Crippen LogP contribution in [0, 0.1) is 0 Å². The Kier molecular flexibility index (Phi) is 3.60. The summed E-state index contributed by atoms with van der Waals surface area (Å²) in [6.07, 6.45) is 1.16. The van der Waals surface area contributed by atoms with Crippen molar-refractivity contribution in [2.24, 2.45) is 0 Å². The van der Waals surface area contributed by atoms with Crippen LogP contribution in [0.3, 0.4) is 0 Å². The highest BCUT2D eigenvalue weighted by Crippen LogP contribution is 2.07. The number of thiophene rings is 1. The van der Waals surface area contributed by atoms with E-state index in [4.69, 9.17) is 0 Å². The van der Waals surface area contributed by atoms with E-state index < -0.39 is 0 Å². The number of rotatable bonds is 4. The Morgan fingerprint density at radius 3 is 2.91 bits per heavy atom. The molecule has 62 valence electrons. The zero-order chi connectivity index (χ0) is 8.10. The molecule has 1 N–H and O–H groups in total. The maximum atomic E-state index is 3.39. The Bertz CT molecular complexity index is 179. The zero-order valence-electron chi connectivity index (χ0n) is 7.13. The van der Waals surface area contributed by atoms with E-state index in [1.165, 1.54) is 4.88 Å². The van der Waals surface area contributed by atoms with Crippen LogP contribution >= 0.6 is 11.3 Å². The molecule has 1 rings (SSSR count). The summed E-state index contributed by atoms with van der Waals surface area (Å²) in [5.74, 6) is 0. The predicted molar refractivity (Wildman–Crippen MR) is 51.2 cm³/mol. The van der Waals surface area contributed by atoms with Gasteiger partial charge in [0.25, 0.3) is 0 Å². The minimum Gasteiger partial charge on any atom is -0.314 e. The monoisotopic (exact) mass is 169 g/mol. The van der Waals surface area contributed by atoms with Crippen molar-refractivity contribution in [3.63, 3.8) is 0 Å². The van der Waals surface area contributed by atoms with Gasteiger partial charge >= 0.3 is 0 Å². The summed E-state index contributed by atoms with van der Waals surface area (Å²) in [4.78, 5) is 1.47. The van der Waals surface area contributed by atoms with Gasteiger partial charge in [-0.25, -0.2) is 0 Å². The van der Waals surface area contributed by atoms with Gasteiger partial charge in [0.15, 0.2) is 0 Å². The van der Waals surface area contributed by atoms with Crippen molar-refractivity contribution >= 4 is 11.3 Å². The van der Waals surface area contributed by atoms with Crippen molar-refractivity contribution in [2.45, 2.75) is 26.3 Å². The second kappa shape index (κ2) is 4.52. The van der Waals surface area contributed by atoms with E-state index >= 15 is 0 Å². The molecular formula is C9H15NS. The molecule has 0 bridgehead atoms. The number of hydrogen-bond acceptors (Lipinski definition) is 2. The molecule has 0 saturated heterocycles. The fourth-order valence-corrected chi connectivity index (χ4v) is 1.65. The highest BCUT2D eigenvalue weighted by atomic mass is 32.1. The first-order valence-electron chi connectivity index (χ1n) is 4.05. The molecule has 11 heavy (non-hydrogen) atoms. The molecule has 1 nitrogen and oxygen atoms in total. The molecule has 0 unspecified atom stereocenters. The van der Waals surface area contributed by atoms with Crippen molar-refractivity contribution < 1.29 is 0 Å². The summed E-state index contributed by atoms with van der Waals surface area (Å²) in [6.45, 7) is 5.45. The molecule has 0 aliphatic heterocycles. The van der Waals surface area contributed by atoms with Gasteiger partial charge in [-0.2, -0.15) is 0 Å². The molecule has 1 heterocycles. The van der Waals surface area contributed by atoms with E-state index in [0.717, 1.165) is 13.0 Å². The van der Waals surface area contributed by atoms with E-state index in [1.807, 2.05) is 11.3 Å². The topological polar surface area (TPSA) is 12.0 Å². The highest BCUT2D eigenvalue weighted by molar-refractivity contribution is 7.09. The smallest absolute Gasteiger partial charge is 0.00578 e. The van der Waals surface area contributed by atoms with Crippen LogP contribution in [-0.2, 0) is 6.42 Å². The highest BCUT2D eigenvalue weighted by Gasteiger charge is 1.94. The fourth-order valence-electron chi connectivity index (χ4n) is 0.939. The maximum absolute atomic E-state index is 3.39. The molecule has 0 aromatic carbocycles. The Labute approximate surface area is 72.4 Å². The van der Waals surface area contributed by atoms with Gasteiger partial charge in [-0.3, -0.25) is 0 Å². The van der Waals surface area contributed by atoms with Gasteiger partial charge in [0, 0.05) is 17.5 Å². The van der Waals surface area contributed by atoms with Crippen molar-refractivity contribution in [1.82, 2.24) is 5.32 Å². The van der Waals surface area contributed by atoms with Gasteiger partial charge in [-0.15, -0.1) is 11.3 Å². The molecule has 1 aromatic rings. The lowest BCUT2D eigenvalue weighted by atomic mass is 10.3. The Morgan fingerprint density at radius 2 is 2.36 bits per heavy atom. The summed E-state index contributed by atoms with van der Waals surface area (Å²) in [5, 5.41) is 5.52. The molecule has 2 heteroatoms. The fraction of sp³-hybridized carbons (Fsp3) is 0.556. The summed E-state index contributed by atoms with van der Waals surface area (Å²) in [7, 11) is 0.